The Bertz CT molecular complexity index is 1070. The first-order valence-corrected chi connectivity index (χ1v) is 9.87. The van der Waals surface area contributed by atoms with Crippen LogP contribution >= 0.6 is 11.6 Å². The van der Waals surface area contributed by atoms with Crippen LogP contribution in [0, 0.1) is 20.8 Å². The first-order chi connectivity index (χ1) is 14.3. The molecule has 0 atom stereocenters. The third-order valence-corrected chi connectivity index (χ3v) is 5.17. The van der Waals surface area contributed by atoms with Crippen molar-refractivity contribution >= 4 is 34.8 Å². The molecule has 5 nitrogen and oxygen atoms in total. The SMILES string of the molecule is Cc1ccccc1C(=O)Nc1cccc(NC(=O)COc2cc(C)c(Cl)c(C)c2)c1. The summed E-state index contributed by atoms with van der Waals surface area (Å²) in [5.41, 5.74) is 4.44. The Hall–Kier alpha value is -3.31. The van der Waals surface area contributed by atoms with E-state index in [9.17, 15) is 9.59 Å². The number of aryl methyl sites for hydroxylation is 3. The number of ether oxygens (including phenoxy) is 1. The van der Waals surface area contributed by atoms with E-state index in [1.54, 1.807) is 42.5 Å². The number of amides is 2. The van der Waals surface area contributed by atoms with Crippen molar-refractivity contribution in [3.8, 4) is 5.75 Å². The molecule has 6 heteroatoms. The van der Waals surface area contributed by atoms with Gasteiger partial charge in [-0.2, -0.15) is 0 Å². The molecule has 0 aliphatic rings. The number of halogens is 1. The molecule has 0 aliphatic heterocycles. The summed E-state index contributed by atoms with van der Waals surface area (Å²) in [6, 6.07) is 17.9. The molecular formula is C24H23ClN2O3. The molecule has 0 unspecified atom stereocenters. The fraction of sp³-hybridized carbons (Fsp3) is 0.167. The minimum absolute atomic E-state index is 0.139. The van der Waals surface area contributed by atoms with Crippen molar-refractivity contribution in [1.82, 2.24) is 0 Å². The number of benzene rings is 3. The van der Waals surface area contributed by atoms with Gasteiger partial charge in [0.2, 0.25) is 0 Å². The van der Waals surface area contributed by atoms with E-state index in [0.717, 1.165) is 16.7 Å². The predicted molar refractivity (Wildman–Crippen MR) is 121 cm³/mol. The van der Waals surface area contributed by atoms with Gasteiger partial charge in [-0.3, -0.25) is 9.59 Å². The quantitative estimate of drug-likeness (QED) is 0.548. The average Bonchev–Trinajstić information content (AvgIpc) is 2.71. The van der Waals surface area contributed by atoms with E-state index in [-0.39, 0.29) is 18.4 Å². The van der Waals surface area contributed by atoms with Gasteiger partial charge in [0.15, 0.2) is 6.61 Å². The smallest absolute Gasteiger partial charge is 0.262 e. The zero-order valence-electron chi connectivity index (χ0n) is 17.1. The third kappa shape index (κ3) is 5.39. The van der Waals surface area contributed by atoms with Gasteiger partial charge in [-0.25, -0.2) is 0 Å². The highest BCUT2D eigenvalue weighted by Crippen LogP contribution is 2.26. The molecule has 0 spiro atoms. The van der Waals surface area contributed by atoms with Crippen LogP contribution in [0.15, 0.2) is 60.7 Å². The summed E-state index contributed by atoms with van der Waals surface area (Å²) >= 11 is 6.15. The Kier molecular flexibility index (Phi) is 6.75. The van der Waals surface area contributed by atoms with Crippen LogP contribution in [0.4, 0.5) is 11.4 Å². The van der Waals surface area contributed by atoms with Crippen LogP contribution in [0.5, 0.6) is 5.75 Å². The van der Waals surface area contributed by atoms with Crippen LogP contribution in [0.3, 0.4) is 0 Å². The molecule has 0 radical (unpaired) electrons. The van der Waals surface area contributed by atoms with Crippen LogP contribution in [0.2, 0.25) is 5.02 Å². The van der Waals surface area contributed by atoms with Crippen LogP contribution in [-0.2, 0) is 4.79 Å². The number of carbonyl (C=O) groups is 2. The van der Waals surface area contributed by atoms with Gasteiger partial charge in [0.25, 0.3) is 11.8 Å². The monoisotopic (exact) mass is 422 g/mol. The molecule has 0 saturated heterocycles. The largest absolute Gasteiger partial charge is 0.484 e. The van der Waals surface area contributed by atoms with E-state index in [1.807, 2.05) is 39.0 Å². The molecule has 154 valence electrons. The highest BCUT2D eigenvalue weighted by molar-refractivity contribution is 6.32. The van der Waals surface area contributed by atoms with Crippen molar-refractivity contribution in [2.75, 3.05) is 17.2 Å². The van der Waals surface area contributed by atoms with Gasteiger partial charge >= 0.3 is 0 Å². The number of rotatable bonds is 6. The number of hydrogen-bond acceptors (Lipinski definition) is 3. The maximum Gasteiger partial charge on any atom is 0.262 e. The van der Waals surface area contributed by atoms with Crippen LogP contribution in [-0.4, -0.2) is 18.4 Å². The van der Waals surface area contributed by atoms with E-state index >= 15 is 0 Å². The van der Waals surface area contributed by atoms with Crippen molar-refractivity contribution in [2.45, 2.75) is 20.8 Å². The Balaban J connectivity index is 1.60. The Morgan fingerprint density at radius 3 is 2.13 bits per heavy atom. The molecule has 3 aromatic carbocycles. The van der Waals surface area contributed by atoms with Gasteiger partial charge in [0.1, 0.15) is 5.75 Å². The predicted octanol–water partition coefficient (Wildman–Crippen LogP) is 5.54. The second kappa shape index (κ2) is 9.46. The summed E-state index contributed by atoms with van der Waals surface area (Å²) in [4.78, 5) is 24.8. The number of nitrogens with one attached hydrogen (secondary N) is 2. The van der Waals surface area contributed by atoms with E-state index < -0.39 is 0 Å². The molecule has 0 aromatic heterocycles. The van der Waals surface area contributed by atoms with Gasteiger partial charge in [-0.1, -0.05) is 35.9 Å². The van der Waals surface area contributed by atoms with Gasteiger partial charge in [-0.15, -0.1) is 0 Å². The highest BCUT2D eigenvalue weighted by Gasteiger charge is 2.10. The molecule has 0 saturated carbocycles. The minimum atomic E-state index is -0.303. The zero-order valence-corrected chi connectivity index (χ0v) is 17.8. The molecule has 2 N–H and O–H groups in total. The van der Waals surface area contributed by atoms with Crippen LogP contribution in [0.25, 0.3) is 0 Å². The fourth-order valence-electron chi connectivity index (χ4n) is 3.04. The summed E-state index contributed by atoms with van der Waals surface area (Å²) in [5.74, 6) is 0.0832. The number of hydrogen-bond donors (Lipinski definition) is 2. The molecule has 30 heavy (non-hydrogen) atoms. The molecular weight excluding hydrogens is 400 g/mol. The summed E-state index contributed by atoms with van der Waals surface area (Å²) < 4.78 is 5.58. The molecule has 3 aromatic rings. The summed E-state index contributed by atoms with van der Waals surface area (Å²) in [6.45, 7) is 5.52. The highest BCUT2D eigenvalue weighted by atomic mass is 35.5. The standard InChI is InChI=1S/C24H23ClN2O3/c1-15-7-4-5-10-21(15)24(29)27-19-9-6-8-18(13-19)26-22(28)14-30-20-11-16(2)23(25)17(3)12-20/h4-13H,14H2,1-3H3,(H,26,28)(H,27,29). The Morgan fingerprint density at radius 2 is 1.47 bits per heavy atom. The first kappa shape index (κ1) is 21.4. The lowest BCUT2D eigenvalue weighted by atomic mass is 10.1. The average molecular weight is 423 g/mol. The summed E-state index contributed by atoms with van der Waals surface area (Å²) in [6.07, 6.45) is 0. The van der Waals surface area contributed by atoms with Gasteiger partial charge in [-0.05, 0) is 73.9 Å². The fourth-order valence-corrected chi connectivity index (χ4v) is 3.15. The van der Waals surface area contributed by atoms with Gasteiger partial charge in [0.05, 0.1) is 0 Å². The maximum absolute atomic E-state index is 12.5. The second-order valence-corrected chi connectivity index (χ2v) is 7.44. The number of anilines is 2. The van der Waals surface area contributed by atoms with Crippen molar-refractivity contribution in [3.05, 3.63) is 87.9 Å². The van der Waals surface area contributed by atoms with Crippen molar-refractivity contribution in [1.29, 1.82) is 0 Å². The summed E-state index contributed by atoms with van der Waals surface area (Å²) in [7, 11) is 0. The van der Waals surface area contributed by atoms with E-state index in [0.29, 0.717) is 27.7 Å². The Labute approximate surface area is 181 Å². The first-order valence-electron chi connectivity index (χ1n) is 9.50. The molecule has 0 aliphatic carbocycles. The topological polar surface area (TPSA) is 67.4 Å². The van der Waals surface area contributed by atoms with Crippen LogP contribution < -0.4 is 15.4 Å². The van der Waals surface area contributed by atoms with E-state index in [4.69, 9.17) is 16.3 Å². The van der Waals surface area contributed by atoms with Crippen molar-refractivity contribution in [3.63, 3.8) is 0 Å². The van der Waals surface area contributed by atoms with Crippen LogP contribution in [0.1, 0.15) is 27.0 Å². The molecule has 0 bridgehead atoms. The lowest BCUT2D eigenvalue weighted by Crippen LogP contribution is -2.20. The maximum atomic E-state index is 12.5. The Morgan fingerprint density at radius 1 is 0.833 bits per heavy atom. The second-order valence-electron chi connectivity index (χ2n) is 7.06. The van der Waals surface area contributed by atoms with E-state index in [2.05, 4.69) is 10.6 Å². The lowest BCUT2D eigenvalue weighted by Gasteiger charge is -2.12. The van der Waals surface area contributed by atoms with E-state index in [1.165, 1.54) is 0 Å². The van der Waals surface area contributed by atoms with Gasteiger partial charge in [0, 0.05) is 22.0 Å². The minimum Gasteiger partial charge on any atom is -0.484 e. The lowest BCUT2D eigenvalue weighted by molar-refractivity contribution is -0.118. The number of carbonyl (C=O) groups excluding carboxylic acids is 2. The van der Waals surface area contributed by atoms with Crippen molar-refractivity contribution in [2.24, 2.45) is 0 Å². The third-order valence-electron chi connectivity index (χ3n) is 4.57. The summed E-state index contributed by atoms with van der Waals surface area (Å²) in [5, 5.41) is 6.32. The molecule has 3 rings (SSSR count). The van der Waals surface area contributed by atoms with Crippen molar-refractivity contribution < 1.29 is 14.3 Å². The molecule has 0 heterocycles. The molecule has 2 amide bonds. The zero-order chi connectivity index (χ0) is 21.7. The van der Waals surface area contributed by atoms with Gasteiger partial charge < -0.3 is 15.4 Å². The normalized spacial score (nSPS) is 10.4. The molecule has 0 fully saturated rings.